The van der Waals surface area contributed by atoms with E-state index in [1.165, 1.54) is 0 Å². The summed E-state index contributed by atoms with van der Waals surface area (Å²) < 4.78 is 0. The lowest BCUT2D eigenvalue weighted by Crippen LogP contribution is -2.46. The monoisotopic (exact) mass is 259 g/mol. The number of carbonyl (C=O) groups excluding carboxylic acids is 1. The Labute approximate surface area is 109 Å². The van der Waals surface area contributed by atoms with Gasteiger partial charge >= 0.3 is 12.0 Å². The SMILES string of the molecule is CCCCC(NC(=O)NCCCN(C)C)C(=O)O. The van der Waals surface area contributed by atoms with Crippen LogP contribution in [-0.2, 0) is 4.79 Å². The molecule has 0 spiro atoms. The van der Waals surface area contributed by atoms with Gasteiger partial charge < -0.3 is 20.6 Å². The van der Waals surface area contributed by atoms with Gasteiger partial charge in [0.25, 0.3) is 0 Å². The van der Waals surface area contributed by atoms with Crippen molar-refractivity contribution in [1.29, 1.82) is 0 Å². The maximum atomic E-state index is 11.5. The van der Waals surface area contributed by atoms with E-state index in [0.29, 0.717) is 13.0 Å². The highest BCUT2D eigenvalue weighted by Crippen LogP contribution is 2.00. The molecule has 6 heteroatoms. The Bertz CT molecular complexity index is 257. The molecule has 0 fully saturated rings. The van der Waals surface area contributed by atoms with Crippen molar-refractivity contribution < 1.29 is 14.7 Å². The zero-order valence-corrected chi connectivity index (χ0v) is 11.5. The van der Waals surface area contributed by atoms with Gasteiger partial charge in [-0.25, -0.2) is 9.59 Å². The first kappa shape index (κ1) is 16.7. The molecule has 2 amide bonds. The molecule has 0 heterocycles. The third kappa shape index (κ3) is 8.81. The Morgan fingerprint density at radius 3 is 2.44 bits per heavy atom. The number of carbonyl (C=O) groups is 2. The third-order valence-electron chi connectivity index (χ3n) is 2.52. The van der Waals surface area contributed by atoms with Gasteiger partial charge in [0.1, 0.15) is 6.04 Å². The van der Waals surface area contributed by atoms with Crippen molar-refractivity contribution in [3.8, 4) is 0 Å². The van der Waals surface area contributed by atoms with Crippen molar-refractivity contribution in [2.45, 2.75) is 38.6 Å². The number of carboxylic acid groups (broad SMARTS) is 1. The second-order valence-electron chi connectivity index (χ2n) is 4.59. The highest BCUT2D eigenvalue weighted by Gasteiger charge is 2.18. The van der Waals surface area contributed by atoms with Crippen LogP contribution in [0.25, 0.3) is 0 Å². The molecule has 0 rings (SSSR count). The molecule has 0 aromatic carbocycles. The van der Waals surface area contributed by atoms with Gasteiger partial charge in [0, 0.05) is 6.54 Å². The van der Waals surface area contributed by atoms with E-state index in [1.807, 2.05) is 25.9 Å². The van der Waals surface area contributed by atoms with Crippen LogP contribution in [0.3, 0.4) is 0 Å². The maximum absolute atomic E-state index is 11.5. The fourth-order valence-corrected chi connectivity index (χ4v) is 1.47. The second kappa shape index (κ2) is 9.70. The highest BCUT2D eigenvalue weighted by atomic mass is 16.4. The van der Waals surface area contributed by atoms with Crippen molar-refractivity contribution in [2.75, 3.05) is 27.2 Å². The zero-order chi connectivity index (χ0) is 14.0. The van der Waals surface area contributed by atoms with Gasteiger partial charge in [-0.1, -0.05) is 19.8 Å². The van der Waals surface area contributed by atoms with Crippen LogP contribution in [-0.4, -0.2) is 55.2 Å². The summed E-state index contributed by atoms with van der Waals surface area (Å²) in [6, 6.07) is -1.20. The number of hydrogen-bond acceptors (Lipinski definition) is 3. The summed E-state index contributed by atoms with van der Waals surface area (Å²) in [6.45, 7) is 3.42. The van der Waals surface area contributed by atoms with Crippen molar-refractivity contribution >= 4 is 12.0 Å². The molecular formula is C12H25N3O3. The first-order valence-electron chi connectivity index (χ1n) is 6.39. The van der Waals surface area contributed by atoms with Crippen LogP contribution in [0.15, 0.2) is 0 Å². The number of carboxylic acids is 1. The van der Waals surface area contributed by atoms with Gasteiger partial charge in [-0.2, -0.15) is 0 Å². The first-order valence-corrected chi connectivity index (χ1v) is 6.39. The predicted octanol–water partition coefficient (Wildman–Crippen LogP) is 0.881. The molecule has 0 saturated carbocycles. The maximum Gasteiger partial charge on any atom is 0.326 e. The molecule has 0 radical (unpaired) electrons. The molecule has 0 aliphatic carbocycles. The highest BCUT2D eigenvalue weighted by molar-refractivity contribution is 5.82. The van der Waals surface area contributed by atoms with Crippen molar-refractivity contribution in [1.82, 2.24) is 15.5 Å². The Morgan fingerprint density at radius 2 is 1.94 bits per heavy atom. The third-order valence-corrected chi connectivity index (χ3v) is 2.52. The van der Waals surface area contributed by atoms with E-state index in [-0.39, 0.29) is 0 Å². The summed E-state index contributed by atoms with van der Waals surface area (Å²) in [6.07, 6.45) is 3.01. The molecule has 0 aliphatic heterocycles. The topological polar surface area (TPSA) is 81.7 Å². The fraction of sp³-hybridized carbons (Fsp3) is 0.833. The Balaban J connectivity index is 3.84. The van der Waals surface area contributed by atoms with Crippen molar-refractivity contribution in [3.63, 3.8) is 0 Å². The van der Waals surface area contributed by atoms with Gasteiger partial charge in [-0.15, -0.1) is 0 Å². The average molecular weight is 259 g/mol. The van der Waals surface area contributed by atoms with Gasteiger partial charge in [-0.3, -0.25) is 0 Å². The van der Waals surface area contributed by atoms with E-state index in [9.17, 15) is 9.59 Å². The van der Waals surface area contributed by atoms with Crippen LogP contribution in [0, 0.1) is 0 Å². The standard InChI is InChI=1S/C12H25N3O3/c1-4-5-7-10(11(16)17)14-12(18)13-8-6-9-15(2)3/h10H,4-9H2,1-3H3,(H,16,17)(H2,13,14,18). The molecule has 0 aromatic rings. The number of hydrogen-bond donors (Lipinski definition) is 3. The summed E-state index contributed by atoms with van der Waals surface area (Å²) in [5.74, 6) is -0.980. The molecule has 1 unspecified atom stereocenters. The number of unbranched alkanes of at least 4 members (excludes halogenated alkanes) is 1. The summed E-state index contributed by atoms with van der Waals surface area (Å²) in [5, 5.41) is 14.1. The van der Waals surface area contributed by atoms with E-state index >= 15 is 0 Å². The number of rotatable bonds is 9. The van der Waals surface area contributed by atoms with E-state index in [1.54, 1.807) is 0 Å². The van der Waals surface area contributed by atoms with Crippen LogP contribution in [0.2, 0.25) is 0 Å². The lowest BCUT2D eigenvalue weighted by atomic mass is 10.1. The van der Waals surface area contributed by atoms with Crippen LogP contribution in [0.1, 0.15) is 32.6 Å². The van der Waals surface area contributed by atoms with Crippen LogP contribution in [0.4, 0.5) is 4.79 Å². The quantitative estimate of drug-likeness (QED) is 0.537. The molecule has 0 aliphatic rings. The number of urea groups is 1. The lowest BCUT2D eigenvalue weighted by Gasteiger charge is -2.15. The molecule has 0 bridgehead atoms. The lowest BCUT2D eigenvalue weighted by molar-refractivity contribution is -0.139. The molecule has 0 saturated heterocycles. The Hall–Kier alpha value is -1.30. The number of aliphatic carboxylic acids is 1. The number of amides is 2. The van der Waals surface area contributed by atoms with Crippen LogP contribution in [0.5, 0.6) is 0 Å². The van der Waals surface area contributed by atoms with E-state index in [4.69, 9.17) is 5.11 Å². The first-order chi connectivity index (χ1) is 8.47. The second-order valence-corrected chi connectivity index (χ2v) is 4.59. The summed E-state index contributed by atoms with van der Waals surface area (Å²) in [5.41, 5.74) is 0. The largest absolute Gasteiger partial charge is 0.480 e. The van der Waals surface area contributed by atoms with E-state index in [2.05, 4.69) is 10.6 Å². The molecule has 0 aromatic heterocycles. The van der Waals surface area contributed by atoms with Gasteiger partial charge in [0.15, 0.2) is 0 Å². The molecule has 6 nitrogen and oxygen atoms in total. The van der Waals surface area contributed by atoms with Gasteiger partial charge in [0.05, 0.1) is 0 Å². The van der Waals surface area contributed by atoms with E-state index < -0.39 is 18.0 Å². The minimum Gasteiger partial charge on any atom is -0.480 e. The molecule has 1 atom stereocenters. The summed E-state index contributed by atoms with van der Waals surface area (Å²) in [7, 11) is 3.93. The summed E-state index contributed by atoms with van der Waals surface area (Å²) >= 11 is 0. The Kier molecular flexibility index (Phi) is 9.00. The van der Waals surface area contributed by atoms with Gasteiger partial charge in [0.2, 0.25) is 0 Å². The average Bonchev–Trinajstić information content (AvgIpc) is 2.29. The van der Waals surface area contributed by atoms with Crippen molar-refractivity contribution in [3.05, 3.63) is 0 Å². The van der Waals surface area contributed by atoms with Crippen molar-refractivity contribution in [2.24, 2.45) is 0 Å². The normalized spacial score (nSPS) is 12.2. The fourth-order valence-electron chi connectivity index (χ4n) is 1.47. The molecule has 18 heavy (non-hydrogen) atoms. The minimum absolute atomic E-state index is 0.405. The zero-order valence-electron chi connectivity index (χ0n) is 11.5. The number of nitrogens with zero attached hydrogens (tertiary/aromatic N) is 1. The molecular weight excluding hydrogens is 234 g/mol. The summed E-state index contributed by atoms with van der Waals surface area (Å²) in [4.78, 5) is 24.4. The molecule has 3 N–H and O–H groups in total. The van der Waals surface area contributed by atoms with Crippen LogP contribution < -0.4 is 10.6 Å². The smallest absolute Gasteiger partial charge is 0.326 e. The van der Waals surface area contributed by atoms with Gasteiger partial charge in [-0.05, 0) is 33.5 Å². The molecule has 106 valence electrons. The van der Waals surface area contributed by atoms with Crippen LogP contribution >= 0.6 is 0 Å². The van der Waals surface area contributed by atoms with E-state index in [0.717, 1.165) is 25.8 Å². The Morgan fingerprint density at radius 1 is 1.28 bits per heavy atom. The predicted molar refractivity (Wildman–Crippen MR) is 70.7 cm³/mol. The minimum atomic E-state index is -0.980. The number of nitrogens with one attached hydrogen (secondary N) is 2.